The summed E-state index contributed by atoms with van der Waals surface area (Å²) in [5, 5.41) is 19.4. The summed E-state index contributed by atoms with van der Waals surface area (Å²) in [5.41, 5.74) is 4.50. The van der Waals surface area contributed by atoms with Crippen LogP contribution in [0.1, 0.15) is 33.4 Å². The van der Waals surface area contributed by atoms with Gasteiger partial charge in [0.05, 0.1) is 21.2 Å². The molecule has 4 heteroatoms. The number of nitriles is 2. The summed E-state index contributed by atoms with van der Waals surface area (Å²) in [6, 6.07) is 23.0. The average molecular weight is 401 g/mol. The predicted octanol–water partition coefficient (Wildman–Crippen LogP) is 7.08. The Morgan fingerprint density at radius 2 is 0.964 bits per heavy atom. The van der Waals surface area contributed by atoms with E-state index in [0.29, 0.717) is 21.2 Å². The maximum Gasteiger partial charge on any atom is 0.101 e. The van der Waals surface area contributed by atoms with Crippen LogP contribution in [0.5, 0.6) is 0 Å². The third kappa shape index (κ3) is 4.51. The fourth-order valence-corrected chi connectivity index (χ4v) is 3.13. The molecule has 0 bridgehead atoms. The van der Waals surface area contributed by atoms with Gasteiger partial charge in [0, 0.05) is 0 Å². The van der Waals surface area contributed by atoms with Gasteiger partial charge in [-0.25, -0.2) is 0 Å². The highest BCUT2D eigenvalue weighted by atomic mass is 35.5. The van der Waals surface area contributed by atoms with Gasteiger partial charge in [0.2, 0.25) is 0 Å². The summed E-state index contributed by atoms with van der Waals surface area (Å²) in [6.45, 7) is 0. The fourth-order valence-electron chi connectivity index (χ4n) is 2.69. The highest BCUT2D eigenvalue weighted by Crippen LogP contribution is 2.22. The first-order valence-electron chi connectivity index (χ1n) is 8.46. The van der Waals surface area contributed by atoms with E-state index in [1.54, 1.807) is 12.1 Å². The lowest BCUT2D eigenvalue weighted by Gasteiger charge is -2.01. The largest absolute Gasteiger partial charge is 0.192 e. The predicted molar refractivity (Wildman–Crippen MR) is 117 cm³/mol. The van der Waals surface area contributed by atoms with Crippen LogP contribution >= 0.6 is 23.2 Å². The molecule has 2 nitrogen and oxygen atoms in total. The highest BCUT2D eigenvalue weighted by molar-refractivity contribution is 6.32. The molecule has 0 amide bonds. The Morgan fingerprint density at radius 3 is 1.32 bits per heavy atom. The Bertz CT molecular complexity index is 1050. The minimum Gasteiger partial charge on any atom is -0.192 e. The van der Waals surface area contributed by atoms with Crippen molar-refractivity contribution in [1.29, 1.82) is 10.5 Å². The minimum atomic E-state index is 0.447. The summed E-state index contributed by atoms with van der Waals surface area (Å²) in [6.07, 6.45) is 7.62. The smallest absolute Gasteiger partial charge is 0.101 e. The maximum atomic E-state index is 9.24. The first kappa shape index (κ1) is 19.5. The van der Waals surface area contributed by atoms with Crippen molar-refractivity contribution in [3.8, 4) is 12.1 Å². The Morgan fingerprint density at radius 1 is 0.571 bits per heavy atom. The average Bonchev–Trinajstić information content (AvgIpc) is 2.71. The van der Waals surface area contributed by atoms with E-state index in [1.165, 1.54) is 0 Å². The van der Waals surface area contributed by atoms with Gasteiger partial charge in [-0.05, 0) is 34.4 Å². The van der Waals surface area contributed by atoms with Crippen molar-refractivity contribution in [2.75, 3.05) is 0 Å². The molecule has 0 radical (unpaired) electrons. The summed E-state index contributed by atoms with van der Waals surface area (Å²) >= 11 is 12.1. The van der Waals surface area contributed by atoms with Gasteiger partial charge < -0.3 is 0 Å². The monoisotopic (exact) mass is 400 g/mol. The van der Waals surface area contributed by atoms with Crippen LogP contribution in [-0.4, -0.2) is 0 Å². The number of nitrogens with zero attached hydrogens (tertiary/aromatic N) is 2. The van der Waals surface area contributed by atoms with Gasteiger partial charge in [-0.1, -0.05) is 96.0 Å². The molecule has 3 rings (SSSR count). The lowest BCUT2D eigenvalue weighted by atomic mass is 10.0. The lowest BCUT2D eigenvalue weighted by Crippen LogP contribution is -1.83. The molecule has 28 heavy (non-hydrogen) atoms. The van der Waals surface area contributed by atoms with Crippen molar-refractivity contribution in [3.05, 3.63) is 104 Å². The van der Waals surface area contributed by atoms with Crippen molar-refractivity contribution in [2.45, 2.75) is 0 Å². The standard InChI is InChI=1S/C24H14Cl2N2/c25-23-5-1-3-19(21(23)15-27)13-11-17-7-9-18(10-8-17)12-14-20-4-2-6-24(26)22(20)16-28/h1-14H/b13-11+,14-12+. The Balaban J connectivity index is 1.78. The van der Waals surface area contributed by atoms with Crippen molar-refractivity contribution in [3.63, 3.8) is 0 Å². The zero-order valence-electron chi connectivity index (χ0n) is 14.7. The Kier molecular flexibility index (Phi) is 6.30. The van der Waals surface area contributed by atoms with E-state index in [0.717, 1.165) is 22.3 Å². The van der Waals surface area contributed by atoms with Crippen molar-refractivity contribution < 1.29 is 0 Å². The van der Waals surface area contributed by atoms with Crippen LogP contribution in [-0.2, 0) is 0 Å². The molecule has 0 aliphatic heterocycles. The molecule has 0 N–H and O–H groups in total. The van der Waals surface area contributed by atoms with E-state index in [9.17, 15) is 10.5 Å². The minimum absolute atomic E-state index is 0.447. The Hall–Kier alpha value is -3.30. The van der Waals surface area contributed by atoms with Gasteiger partial charge in [-0.3, -0.25) is 0 Å². The van der Waals surface area contributed by atoms with Crippen LogP contribution in [0.2, 0.25) is 10.0 Å². The molecule has 0 saturated carbocycles. The summed E-state index contributed by atoms with van der Waals surface area (Å²) in [7, 11) is 0. The molecular weight excluding hydrogens is 387 g/mol. The molecule has 134 valence electrons. The zero-order chi connectivity index (χ0) is 19.9. The number of rotatable bonds is 4. The molecular formula is C24H14Cl2N2. The van der Waals surface area contributed by atoms with Crippen LogP contribution in [0.15, 0.2) is 60.7 Å². The second-order valence-corrected chi connectivity index (χ2v) is 6.78. The zero-order valence-corrected chi connectivity index (χ0v) is 16.2. The Labute approximate surface area is 174 Å². The molecule has 0 unspecified atom stereocenters. The van der Waals surface area contributed by atoms with Crippen molar-refractivity contribution >= 4 is 47.5 Å². The molecule has 0 spiro atoms. The van der Waals surface area contributed by atoms with Crippen LogP contribution in [0.4, 0.5) is 0 Å². The van der Waals surface area contributed by atoms with Gasteiger partial charge in [0.25, 0.3) is 0 Å². The molecule has 0 aliphatic rings. The summed E-state index contributed by atoms with van der Waals surface area (Å²) < 4.78 is 0. The normalized spacial score (nSPS) is 10.9. The molecule has 0 aliphatic carbocycles. The van der Waals surface area contributed by atoms with Crippen LogP contribution in [0, 0.1) is 22.7 Å². The summed E-state index contributed by atoms with van der Waals surface area (Å²) in [4.78, 5) is 0. The highest BCUT2D eigenvalue weighted by Gasteiger charge is 2.04. The second-order valence-electron chi connectivity index (χ2n) is 5.97. The van der Waals surface area contributed by atoms with Gasteiger partial charge in [-0.2, -0.15) is 10.5 Å². The molecule has 0 aromatic heterocycles. The van der Waals surface area contributed by atoms with Crippen LogP contribution in [0.25, 0.3) is 24.3 Å². The second kappa shape index (κ2) is 9.07. The van der Waals surface area contributed by atoms with Crippen LogP contribution < -0.4 is 0 Å². The van der Waals surface area contributed by atoms with Crippen molar-refractivity contribution in [1.82, 2.24) is 0 Å². The third-order valence-electron chi connectivity index (χ3n) is 4.16. The lowest BCUT2D eigenvalue weighted by molar-refractivity contribution is 1.47. The maximum absolute atomic E-state index is 9.24. The number of benzene rings is 3. The SMILES string of the molecule is N#Cc1c(Cl)cccc1/C=C/c1ccc(/C=C/c2cccc(Cl)c2C#N)cc1. The quantitative estimate of drug-likeness (QED) is 0.439. The van der Waals surface area contributed by atoms with E-state index >= 15 is 0 Å². The number of hydrogen-bond acceptors (Lipinski definition) is 2. The molecule has 0 atom stereocenters. The first-order chi connectivity index (χ1) is 13.6. The van der Waals surface area contributed by atoms with E-state index < -0.39 is 0 Å². The van der Waals surface area contributed by atoms with Gasteiger partial charge >= 0.3 is 0 Å². The van der Waals surface area contributed by atoms with Crippen LogP contribution in [0.3, 0.4) is 0 Å². The molecule has 3 aromatic carbocycles. The first-order valence-corrected chi connectivity index (χ1v) is 9.21. The summed E-state index contributed by atoms with van der Waals surface area (Å²) in [5.74, 6) is 0. The molecule has 0 saturated heterocycles. The number of hydrogen-bond donors (Lipinski definition) is 0. The number of halogens is 2. The topological polar surface area (TPSA) is 47.6 Å². The molecule has 0 fully saturated rings. The molecule has 3 aromatic rings. The van der Waals surface area contributed by atoms with Gasteiger partial charge in [0.1, 0.15) is 12.1 Å². The van der Waals surface area contributed by atoms with E-state index in [2.05, 4.69) is 12.1 Å². The molecule has 0 heterocycles. The third-order valence-corrected chi connectivity index (χ3v) is 4.79. The fraction of sp³-hybridized carbons (Fsp3) is 0. The van der Waals surface area contributed by atoms with Crippen molar-refractivity contribution in [2.24, 2.45) is 0 Å². The van der Waals surface area contributed by atoms with Gasteiger partial charge in [-0.15, -0.1) is 0 Å². The van der Waals surface area contributed by atoms with Gasteiger partial charge in [0.15, 0.2) is 0 Å². The van der Waals surface area contributed by atoms with E-state index in [1.807, 2.05) is 72.8 Å². The van der Waals surface area contributed by atoms with E-state index in [-0.39, 0.29) is 0 Å². The van der Waals surface area contributed by atoms with E-state index in [4.69, 9.17) is 23.2 Å².